The van der Waals surface area contributed by atoms with Gasteiger partial charge in [0.25, 0.3) is 0 Å². The molecule has 26 heavy (non-hydrogen) atoms. The monoisotopic (exact) mass is 378 g/mol. The summed E-state index contributed by atoms with van der Waals surface area (Å²) in [5, 5.41) is 4.57. The second-order valence-corrected chi connectivity index (χ2v) is 7.37. The Kier molecular flexibility index (Phi) is 7.54. The lowest BCUT2D eigenvalue weighted by molar-refractivity contribution is -0.135. The van der Waals surface area contributed by atoms with E-state index in [2.05, 4.69) is 25.2 Å². The Balaban J connectivity index is 0.00000243. The smallest absolute Gasteiger partial charge is 0.225 e. The number of hydrogen-bond donors (Lipinski definition) is 1. The highest BCUT2D eigenvalue weighted by molar-refractivity contribution is 5.85. The number of carbonyl (C=O) groups is 1. The van der Waals surface area contributed by atoms with E-state index in [1.807, 2.05) is 30.1 Å². The van der Waals surface area contributed by atoms with Crippen LogP contribution in [0.1, 0.15) is 50.9 Å². The van der Waals surface area contributed by atoms with Crippen LogP contribution in [0.25, 0.3) is 11.0 Å². The first-order valence-corrected chi connectivity index (χ1v) is 9.57. The van der Waals surface area contributed by atoms with Gasteiger partial charge in [0.1, 0.15) is 11.3 Å². The number of hydrogen-bond acceptors (Lipinski definition) is 3. The first-order chi connectivity index (χ1) is 12.1. The summed E-state index contributed by atoms with van der Waals surface area (Å²) in [4.78, 5) is 14.8. The Bertz CT molecular complexity index is 728. The van der Waals surface area contributed by atoms with Gasteiger partial charge in [0.2, 0.25) is 5.91 Å². The third kappa shape index (κ3) is 4.60. The molecule has 1 fully saturated rings. The summed E-state index contributed by atoms with van der Waals surface area (Å²) in [6, 6.07) is 8.59. The van der Waals surface area contributed by atoms with Gasteiger partial charge < -0.3 is 14.6 Å². The molecule has 5 heteroatoms. The summed E-state index contributed by atoms with van der Waals surface area (Å²) in [5.41, 5.74) is 2.11. The van der Waals surface area contributed by atoms with Gasteiger partial charge in [-0.05, 0) is 38.8 Å². The van der Waals surface area contributed by atoms with Gasteiger partial charge in [0.15, 0.2) is 0 Å². The Hall–Kier alpha value is -1.52. The quantitative estimate of drug-likeness (QED) is 0.802. The largest absolute Gasteiger partial charge is 0.461 e. The van der Waals surface area contributed by atoms with Gasteiger partial charge in [-0.1, -0.05) is 31.5 Å². The molecule has 0 saturated carbocycles. The number of aryl methyl sites for hydroxylation is 1. The Labute approximate surface area is 162 Å². The zero-order valence-corrected chi connectivity index (χ0v) is 16.9. The number of piperidine rings is 1. The van der Waals surface area contributed by atoms with Crippen molar-refractivity contribution in [3.8, 4) is 0 Å². The number of amides is 1. The summed E-state index contributed by atoms with van der Waals surface area (Å²) in [6.45, 7) is 5.91. The summed E-state index contributed by atoms with van der Waals surface area (Å²) < 4.78 is 6.10. The van der Waals surface area contributed by atoms with Crippen LogP contribution in [0.3, 0.4) is 0 Å². The molecule has 0 radical (unpaired) electrons. The van der Waals surface area contributed by atoms with E-state index in [0.717, 1.165) is 55.4 Å². The lowest BCUT2D eigenvalue weighted by atomic mass is 9.92. The van der Waals surface area contributed by atoms with Crippen molar-refractivity contribution in [2.75, 3.05) is 13.6 Å². The average molecular weight is 379 g/mol. The molecule has 1 aliphatic rings. The molecule has 1 N–H and O–H groups in total. The molecule has 0 spiro atoms. The van der Waals surface area contributed by atoms with Gasteiger partial charge in [-0.25, -0.2) is 0 Å². The van der Waals surface area contributed by atoms with E-state index in [1.165, 1.54) is 5.56 Å². The average Bonchev–Trinajstić information content (AvgIpc) is 2.97. The number of nitrogens with one attached hydrogen (secondary N) is 1. The van der Waals surface area contributed by atoms with Crippen LogP contribution in [0, 0.1) is 5.92 Å². The molecule has 0 unspecified atom stereocenters. The van der Waals surface area contributed by atoms with Crippen LogP contribution in [0.2, 0.25) is 0 Å². The molecule has 2 aromatic rings. The minimum absolute atomic E-state index is 0. The van der Waals surface area contributed by atoms with Crippen molar-refractivity contribution in [2.45, 2.75) is 58.5 Å². The van der Waals surface area contributed by atoms with Crippen LogP contribution in [0.4, 0.5) is 0 Å². The van der Waals surface area contributed by atoms with E-state index in [1.54, 1.807) is 0 Å². The minimum atomic E-state index is 0. The van der Waals surface area contributed by atoms with Crippen molar-refractivity contribution in [3.63, 3.8) is 0 Å². The van der Waals surface area contributed by atoms with Crippen molar-refractivity contribution in [2.24, 2.45) is 5.92 Å². The SMILES string of the molecule is CCCCc1oc2ccccc2c1CN(C)C(=O)[C@H]1CCN[C@@H](C)C1.Cl. The van der Waals surface area contributed by atoms with Gasteiger partial charge in [0, 0.05) is 42.9 Å². The number of furan rings is 1. The molecule has 144 valence electrons. The summed E-state index contributed by atoms with van der Waals surface area (Å²) >= 11 is 0. The first-order valence-electron chi connectivity index (χ1n) is 9.57. The Morgan fingerprint density at radius 2 is 2.12 bits per heavy atom. The molecule has 2 atom stereocenters. The topological polar surface area (TPSA) is 45.5 Å². The van der Waals surface area contributed by atoms with Crippen LogP contribution in [-0.2, 0) is 17.8 Å². The second-order valence-electron chi connectivity index (χ2n) is 7.37. The summed E-state index contributed by atoms with van der Waals surface area (Å²) in [7, 11) is 1.93. The van der Waals surface area contributed by atoms with Gasteiger partial charge >= 0.3 is 0 Å². The maximum absolute atomic E-state index is 12.9. The maximum Gasteiger partial charge on any atom is 0.225 e. The zero-order valence-electron chi connectivity index (χ0n) is 16.1. The van der Waals surface area contributed by atoms with Crippen molar-refractivity contribution in [1.29, 1.82) is 0 Å². The van der Waals surface area contributed by atoms with E-state index in [0.29, 0.717) is 12.6 Å². The lowest BCUT2D eigenvalue weighted by Crippen LogP contribution is -2.42. The molecule has 1 aliphatic heterocycles. The molecule has 1 amide bonds. The van der Waals surface area contributed by atoms with Crippen LogP contribution in [0.15, 0.2) is 28.7 Å². The fourth-order valence-electron chi connectivity index (χ4n) is 3.85. The van der Waals surface area contributed by atoms with E-state index in [9.17, 15) is 4.79 Å². The van der Waals surface area contributed by atoms with Gasteiger partial charge in [-0.15, -0.1) is 12.4 Å². The van der Waals surface area contributed by atoms with Crippen molar-refractivity contribution < 1.29 is 9.21 Å². The number of unbranched alkanes of at least 4 members (excludes halogenated alkanes) is 1. The lowest BCUT2D eigenvalue weighted by Gasteiger charge is -2.30. The van der Waals surface area contributed by atoms with Crippen molar-refractivity contribution in [1.82, 2.24) is 10.2 Å². The standard InChI is InChI=1S/C21H30N2O2.ClH/c1-4-5-9-20-18(17-8-6-7-10-19(17)25-20)14-23(3)21(24)16-11-12-22-15(2)13-16;/h6-8,10,15-16,22H,4-5,9,11-14H2,1-3H3;1H/t15-,16-;/m0./s1. The highest BCUT2D eigenvalue weighted by atomic mass is 35.5. The Morgan fingerprint density at radius 3 is 2.85 bits per heavy atom. The number of para-hydroxylation sites is 1. The van der Waals surface area contributed by atoms with E-state index in [-0.39, 0.29) is 24.2 Å². The summed E-state index contributed by atoms with van der Waals surface area (Å²) in [5.74, 6) is 1.44. The number of benzene rings is 1. The van der Waals surface area contributed by atoms with Crippen LogP contribution in [-0.4, -0.2) is 30.4 Å². The van der Waals surface area contributed by atoms with Gasteiger partial charge in [-0.3, -0.25) is 4.79 Å². The molecular weight excluding hydrogens is 348 g/mol. The zero-order chi connectivity index (χ0) is 17.8. The van der Waals surface area contributed by atoms with E-state index in [4.69, 9.17) is 4.42 Å². The number of carbonyl (C=O) groups excluding carboxylic acids is 1. The molecule has 0 bridgehead atoms. The van der Waals surface area contributed by atoms with E-state index >= 15 is 0 Å². The maximum atomic E-state index is 12.9. The fraction of sp³-hybridized carbons (Fsp3) is 0.571. The molecule has 0 aliphatic carbocycles. The fourth-order valence-corrected chi connectivity index (χ4v) is 3.85. The van der Waals surface area contributed by atoms with Gasteiger partial charge in [0.05, 0.1) is 0 Å². The normalized spacial score (nSPS) is 20.0. The predicted octanol–water partition coefficient (Wildman–Crippen LogP) is 4.54. The number of rotatable bonds is 6. The van der Waals surface area contributed by atoms with Crippen LogP contribution in [0.5, 0.6) is 0 Å². The van der Waals surface area contributed by atoms with Gasteiger partial charge in [-0.2, -0.15) is 0 Å². The van der Waals surface area contributed by atoms with E-state index < -0.39 is 0 Å². The van der Waals surface area contributed by atoms with Crippen molar-refractivity contribution >= 4 is 29.3 Å². The molecule has 2 heterocycles. The van der Waals surface area contributed by atoms with Crippen LogP contribution >= 0.6 is 12.4 Å². The van der Waals surface area contributed by atoms with Crippen molar-refractivity contribution in [3.05, 3.63) is 35.6 Å². The number of fused-ring (bicyclic) bond motifs is 1. The molecule has 1 saturated heterocycles. The third-order valence-corrected chi connectivity index (χ3v) is 5.28. The highest BCUT2D eigenvalue weighted by Gasteiger charge is 2.28. The second kappa shape index (κ2) is 9.43. The molecule has 4 nitrogen and oxygen atoms in total. The predicted molar refractivity (Wildman–Crippen MR) is 109 cm³/mol. The molecule has 1 aromatic heterocycles. The number of halogens is 1. The molecule has 1 aromatic carbocycles. The minimum Gasteiger partial charge on any atom is -0.461 e. The third-order valence-electron chi connectivity index (χ3n) is 5.28. The Morgan fingerprint density at radius 1 is 1.35 bits per heavy atom. The number of nitrogens with zero attached hydrogens (tertiary/aromatic N) is 1. The first kappa shape index (κ1) is 20.8. The summed E-state index contributed by atoms with van der Waals surface area (Å²) in [6.07, 6.45) is 5.04. The highest BCUT2D eigenvalue weighted by Crippen LogP contribution is 2.29. The van der Waals surface area contributed by atoms with Crippen LogP contribution < -0.4 is 5.32 Å². The molecular formula is C21H31ClN2O2. The molecule has 3 rings (SSSR count).